The molecule has 1 N–H and O–H groups in total. The van der Waals surface area contributed by atoms with E-state index in [0.29, 0.717) is 22.1 Å². The van der Waals surface area contributed by atoms with Crippen molar-refractivity contribution in [3.05, 3.63) is 53.3 Å². The fraction of sp³-hybridized carbons (Fsp3) is 0.444. The lowest BCUT2D eigenvalue weighted by Gasteiger charge is -2.22. The number of aryl methyl sites for hydroxylation is 1. The smallest absolute Gasteiger partial charge is 0.245 e. The van der Waals surface area contributed by atoms with Gasteiger partial charge in [0.05, 0.1) is 18.2 Å². The monoisotopic (exact) mass is 398 g/mol. The first-order chi connectivity index (χ1) is 11.9. The number of anilines is 1. The maximum Gasteiger partial charge on any atom is 0.245 e. The van der Waals surface area contributed by atoms with E-state index in [1.165, 1.54) is 6.07 Å². The number of nitrogens with zero attached hydrogens (tertiary/aromatic N) is 1. The molecule has 2 atom stereocenters. The molecule has 1 aromatic carbocycles. The molecule has 0 saturated carbocycles. The van der Waals surface area contributed by atoms with Gasteiger partial charge in [0.15, 0.2) is 0 Å². The summed E-state index contributed by atoms with van der Waals surface area (Å²) in [4.78, 5) is 0. The van der Waals surface area contributed by atoms with Crippen LogP contribution in [0.5, 0.6) is 0 Å². The molecule has 0 saturated heterocycles. The quantitative estimate of drug-likeness (QED) is 0.796. The zero-order valence-corrected chi connectivity index (χ0v) is 17.4. The fourth-order valence-corrected chi connectivity index (χ4v) is 5.79. The summed E-state index contributed by atoms with van der Waals surface area (Å²) in [5.41, 5.74) is 2.90. The van der Waals surface area contributed by atoms with Gasteiger partial charge in [-0.05, 0) is 48.1 Å². The lowest BCUT2D eigenvalue weighted by Crippen LogP contribution is -2.35. The molecule has 0 spiro atoms. The van der Waals surface area contributed by atoms with Crippen molar-refractivity contribution in [3.8, 4) is 0 Å². The van der Waals surface area contributed by atoms with E-state index in [0.717, 1.165) is 29.3 Å². The summed E-state index contributed by atoms with van der Waals surface area (Å²) >= 11 is 0. The third kappa shape index (κ3) is 4.88. The maximum absolute atomic E-state index is 12.0. The van der Waals surface area contributed by atoms with Gasteiger partial charge in [0.1, 0.15) is 0 Å². The van der Waals surface area contributed by atoms with Crippen molar-refractivity contribution in [1.29, 1.82) is 0 Å². The van der Waals surface area contributed by atoms with Crippen LogP contribution in [-0.4, -0.2) is 29.3 Å². The van der Waals surface area contributed by atoms with Crippen LogP contribution >= 0.6 is 0 Å². The summed E-state index contributed by atoms with van der Waals surface area (Å²) in [7, 11) is -7.90. The van der Waals surface area contributed by atoms with Crippen molar-refractivity contribution >= 4 is 25.7 Å². The van der Waals surface area contributed by atoms with Crippen molar-refractivity contribution in [2.75, 3.05) is 16.2 Å². The van der Waals surface area contributed by atoms with E-state index in [2.05, 4.69) is 31.3 Å². The first-order valence-electron chi connectivity index (χ1n) is 8.33. The van der Waals surface area contributed by atoms with Crippen molar-refractivity contribution in [2.45, 2.75) is 27.3 Å². The zero-order chi connectivity index (χ0) is 19.7. The molecule has 0 radical (unpaired) electrons. The van der Waals surface area contributed by atoms with Gasteiger partial charge in [-0.25, -0.2) is 16.8 Å². The molecule has 2 rings (SSSR count). The highest BCUT2D eigenvalue weighted by molar-refractivity contribution is 8.09. The average Bonchev–Trinajstić information content (AvgIpc) is 2.48. The van der Waals surface area contributed by atoms with Gasteiger partial charge in [-0.15, -0.1) is 0 Å². The van der Waals surface area contributed by atoms with Crippen LogP contribution in [0.25, 0.3) is 0 Å². The largest absolute Gasteiger partial charge is 0.381 e. The Morgan fingerprint density at radius 3 is 2.19 bits per heavy atom. The first kappa shape index (κ1) is 20.5. The lowest BCUT2D eigenvalue weighted by atomic mass is 9.90. The Labute approximate surface area is 156 Å². The number of nitrogens with one attached hydrogen (secondary N) is 1. The standard InChI is InChI=1S/C18H26N2O4S2/c1-13-6-8-17(10-15(13)3)19-12-16-11-18(9-7-14(16)2)20(25(4,21)22)26(5,23)24/h6-11,13,15,19H,12H2,1-5H3/t13-,15+/m0/s1. The maximum atomic E-state index is 12.0. The second-order valence-electron chi connectivity index (χ2n) is 6.89. The van der Waals surface area contributed by atoms with Crippen molar-refractivity contribution in [3.63, 3.8) is 0 Å². The van der Waals surface area contributed by atoms with Crippen LogP contribution < -0.4 is 9.03 Å². The van der Waals surface area contributed by atoms with Gasteiger partial charge in [-0.1, -0.05) is 32.1 Å². The summed E-state index contributed by atoms with van der Waals surface area (Å²) in [5.74, 6) is 0.921. The number of hydrogen-bond acceptors (Lipinski definition) is 5. The van der Waals surface area contributed by atoms with Crippen LogP contribution in [0.4, 0.5) is 5.69 Å². The van der Waals surface area contributed by atoms with Crippen LogP contribution in [0.15, 0.2) is 42.1 Å². The molecule has 0 aromatic heterocycles. The normalized spacial score (nSPS) is 20.6. The molecule has 1 aliphatic carbocycles. The van der Waals surface area contributed by atoms with Gasteiger partial charge in [0.25, 0.3) is 0 Å². The minimum absolute atomic E-state index is 0.118. The van der Waals surface area contributed by atoms with Gasteiger partial charge in [-0.2, -0.15) is 3.71 Å². The van der Waals surface area contributed by atoms with Crippen LogP contribution in [0.3, 0.4) is 0 Å². The topological polar surface area (TPSA) is 83.6 Å². The molecule has 0 aliphatic heterocycles. The van der Waals surface area contributed by atoms with E-state index in [4.69, 9.17) is 0 Å². The third-order valence-electron chi connectivity index (χ3n) is 4.48. The van der Waals surface area contributed by atoms with E-state index in [1.54, 1.807) is 12.1 Å². The van der Waals surface area contributed by atoms with Gasteiger partial charge < -0.3 is 5.32 Å². The van der Waals surface area contributed by atoms with Gasteiger partial charge >= 0.3 is 0 Å². The number of hydrogen-bond donors (Lipinski definition) is 1. The summed E-state index contributed by atoms with van der Waals surface area (Å²) in [6, 6.07) is 4.83. The minimum atomic E-state index is -3.95. The Morgan fingerprint density at radius 2 is 1.65 bits per heavy atom. The molecule has 0 fully saturated rings. The molecule has 0 bridgehead atoms. The minimum Gasteiger partial charge on any atom is -0.381 e. The van der Waals surface area contributed by atoms with E-state index in [-0.39, 0.29) is 5.69 Å². The van der Waals surface area contributed by atoms with Gasteiger partial charge in [-0.3, -0.25) is 0 Å². The predicted molar refractivity (Wildman–Crippen MR) is 106 cm³/mol. The molecule has 6 nitrogen and oxygen atoms in total. The van der Waals surface area contributed by atoms with E-state index < -0.39 is 20.0 Å². The molecule has 1 aromatic rings. The molecular weight excluding hydrogens is 372 g/mol. The molecule has 26 heavy (non-hydrogen) atoms. The molecular formula is C18H26N2O4S2. The highest BCUT2D eigenvalue weighted by atomic mass is 32.3. The Hall–Kier alpha value is -1.80. The van der Waals surface area contributed by atoms with Crippen molar-refractivity contribution in [2.24, 2.45) is 11.8 Å². The Kier molecular flexibility index (Phi) is 5.87. The first-order valence-corrected chi connectivity index (χ1v) is 12.0. The Bertz CT molecular complexity index is 915. The highest BCUT2D eigenvalue weighted by Crippen LogP contribution is 2.25. The van der Waals surface area contributed by atoms with Crippen LogP contribution in [0, 0.1) is 18.8 Å². The summed E-state index contributed by atoms with van der Waals surface area (Å²) < 4.78 is 48.3. The van der Waals surface area contributed by atoms with E-state index >= 15 is 0 Å². The fourth-order valence-electron chi connectivity index (χ4n) is 2.83. The third-order valence-corrected chi connectivity index (χ3v) is 7.73. The summed E-state index contributed by atoms with van der Waals surface area (Å²) in [6.45, 7) is 6.69. The van der Waals surface area contributed by atoms with Crippen LogP contribution in [0.2, 0.25) is 0 Å². The lowest BCUT2D eigenvalue weighted by molar-refractivity contribution is 0.542. The average molecular weight is 399 g/mol. The van der Waals surface area contributed by atoms with Gasteiger partial charge in [0.2, 0.25) is 20.0 Å². The summed E-state index contributed by atoms with van der Waals surface area (Å²) in [6.07, 6.45) is 8.09. The van der Waals surface area contributed by atoms with Crippen LogP contribution in [-0.2, 0) is 26.6 Å². The molecule has 0 amide bonds. The summed E-state index contributed by atoms with van der Waals surface area (Å²) in [5, 5.41) is 3.33. The highest BCUT2D eigenvalue weighted by Gasteiger charge is 2.27. The number of sulfonamides is 2. The second-order valence-corrected chi connectivity index (χ2v) is 10.8. The van der Waals surface area contributed by atoms with E-state index in [1.807, 2.05) is 13.0 Å². The zero-order valence-electron chi connectivity index (χ0n) is 15.7. The molecule has 8 heteroatoms. The second kappa shape index (κ2) is 7.44. The Morgan fingerprint density at radius 1 is 1.04 bits per heavy atom. The molecule has 0 heterocycles. The number of allylic oxidation sites excluding steroid dienone is 3. The molecule has 1 aliphatic rings. The van der Waals surface area contributed by atoms with Crippen LogP contribution in [0.1, 0.15) is 25.0 Å². The number of benzene rings is 1. The molecule has 0 unspecified atom stereocenters. The predicted octanol–water partition coefficient (Wildman–Crippen LogP) is 2.54. The Balaban J connectivity index is 2.30. The number of rotatable bonds is 6. The van der Waals surface area contributed by atoms with E-state index in [9.17, 15) is 16.8 Å². The van der Waals surface area contributed by atoms with Crippen molar-refractivity contribution in [1.82, 2.24) is 5.32 Å². The van der Waals surface area contributed by atoms with Gasteiger partial charge in [0, 0.05) is 12.2 Å². The SMILES string of the molecule is Cc1ccc(N(S(C)(=O)=O)S(C)(=O)=O)cc1CNC1=C[C@@H](C)[C@@H](C)C=C1. The molecule has 144 valence electrons. The van der Waals surface area contributed by atoms with Crippen molar-refractivity contribution < 1.29 is 16.8 Å².